The minimum Gasteiger partial charge on any atom is -0.341 e. The fourth-order valence-corrected chi connectivity index (χ4v) is 3.60. The van der Waals surface area contributed by atoms with Crippen molar-refractivity contribution in [1.29, 1.82) is 0 Å². The number of para-hydroxylation sites is 2. The van der Waals surface area contributed by atoms with Crippen molar-refractivity contribution in [2.75, 3.05) is 5.32 Å². The third-order valence-electron chi connectivity index (χ3n) is 5.03. The summed E-state index contributed by atoms with van der Waals surface area (Å²) in [7, 11) is 0. The van der Waals surface area contributed by atoms with Crippen molar-refractivity contribution >= 4 is 22.4 Å². The third-order valence-corrected chi connectivity index (χ3v) is 5.03. The molecule has 3 aromatic carbocycles. The lowest BCUT2D eigenvalue weighted by Gasteiger charge is -2.19. The van der Waals surface area contributed by atoms with Crippen LogP contribution in [0.2, 0.25) is 0 Å². The molecular weight excluding hydrogens is 370 g/mol. The monoisotopic (exact) mass is 389 g/mol. The van der Waals surface area contributed by atoms with Crippen molar-refractivity contribution in [3.05, 3.63) is 120 Å². The predicted octanol–water partition coefficient (Wildman–Crippen LogP) is 5.80. The molecule has 0 unspecified atom stereocenters. The second kappa shape index (κ2) is 7.68. The molecule has 1 N–H and O–H groups in total. The van der Waals surface area contributed by atoms with Gasteiger partial charge in [-0.15, -0.1) is 0 Å². The zero-order chi connectivity index (χ0) is 20.3. The molecule has 0 aliphatic heterocycles. The second-order valence-electron chi connectivity index (χ2n) is 7.01. The number of aromatic nitrogens is 2. The Labute approximate surface area is 174 Å². The number of nitrogens with one attached hydrogen (secondary N) is 1. The number of rotatable bonds is 4. The highest BCUT2D eigenvalue weighted by Gasteiger charge is 2.13. The Balaban J connectivity index is 1.79. The van der Waals surface area contributed by atoms with Crippen LogP contribution in [0.4, 0.5) is 11.5 Å². The zero-order valence-electron chi connectivity index (χ0n) is 16.2. The average molecular weight is 389 g/mol. The van der Waals surface area contributed by atoms with E-state index in [1.165, 1.54) is 0 Å². The van der Waals surface area contributed by atoms with Crippen LogP contribution in [-0.2, 0) is 0 Å². The van der Waals surface area contributed by atoms with E-state index in [2.05, 4.69) is 14.9 Å². The van der Waals surface area contributed by atoms with Crippen molar-refractivity contribution < 1.29 is 0 Å². The quantitative estimate of drug-likeness (QED) is 0.423. The standard InChI is InChI=1S/C26H19N3O/c30-25-17-26(28-20-12-6-2-7-13-20)29(21-14-8-3-9-15-21)24-16-23(27-18-22(24)25)19-10-4-1-5-11-19/h1-18,28H. The van der Waals surface area contributed by atoms with Gasteiger partial charge in [-0.05, 0) is 30.3 Å². The molecule has 2 aromatic heterocycles. The molecule has 30 heavy (non-hydrogen) atoms. The van der Waals surface area contributed by atoms with Crippen LogP contribution < -0.4 is 10.7 Å². The summed E-state index contributed by atoms with van der Waals surface area (Å²) < 4.78 is 2.07. The fourth-order valence-electron chi connectivity index (χ4n) is 3.60. The SMILES string of the molecule is O=c1cc(Nc2ccccc2)n(-c2ccccc2)c2cc(-c3ccccc3)ncc12. The van der Waals surface area contributed by atoms with Gasteiger partial charge in [-0.1, -0.05) is 66.7 Å². The van der Waals surface area contributed by atoms with Gasteiger partial charge in [0.1, 0.15) is 5.82 Å². The molecule has 0 aliphatic rings. The molecule has 0 saturated carbocycles. The molecule has 0 bridgehead atoms. The Kier molecular flexibility index (Phi) is 4.58. The maximum atomic E-state index is 12.9. The number of nitrogens with zero attached hydrogens (tertiary/aromatic N) is 2. The lowest BCUT2D eigenvalue weighted by Crippen LogP contribution is -2.13. The summed E-state index contributed by atoms with van der Waals surface area (Å²) in [5.41, 5.74) is 4.45. The van der Waals surface area contributed by atoms with Crippen molar-refractivity contribution in [2.45, 2.75) is 0 Å². The average Bonchev–Trinajstić information content (AvgIpc) is 2.81. The molecular formula is C26H19N3O. The first-order chi connectivity index (χ1) is 14.8. The van der Waals surface area contributed by atoms with Crippen molar-refractivity contribution in [1.82, 2.24) is 9.55 Å². The van der Waals surface area contributed by atoms with Gasteiger partial charge in [0.25, 0.3) is 0 Å². The third kappa shape index (κ3) is 3.35. The summed E-state index contributed by atoms with van der Waals surface area (Å²) in [5, 5.41) is 3.99. The molecule has 5 rings (SSSR count). The maximum absolute atomic E-state index is 12.9. The highest BCUT2D eigenvalue weighted by atomic mass is 16.1. The molecule has 0 spiro atoms. The highest BCUT2D eigenvalue weighted by molar-refractivity contribution is 5.86. The highest BCUT2D eigenvalue weighted by Crippen LogP contribution is 2.27. The molecule has 4 nitrogen and oxygen atoms in total. The van der Waals surface area contributed by atoms with Gasteiger partial charge in [0.15, 0.2) is 5.43 Å². The van der Waals surface area contributed by atoms with E-state index in [1.807, 2.05) is 97.1 Å². The molecule has 0 aliphatic carbocycles. The summed E-state index contributed by atoms with van der Waals surface area (Å²) in [6, 6.07) is 33.5. The van der Waals surface area contributed by atoms with E-state index in [0.717, 1.165) is 28.1 Å². The van der Waals surface area contributed by atoms with Gasteiger partial charge in [-0.25, -0.2) is 0 Å². The first-order valence-corrected chi connectivity index (χ1v) is 9.78. The molecule has 0 amide bonds. The molecule has 4 heteroatoms. The Morgan fingerprint density at radius 2 is 1.37 bits per heavy atom. The van der Waals surface area contributed by atoms with Gasteiger partial charge < -0.3 is 5.32 Å². The van der Waals surface area contributed by atoms with Crippen LogP contribution in [0.25, 0.3) is 27.8 Å². The van der Waals surface area contributed by atoms with E-state index in [0.29, 0.717) is 11.2 Å². The first kappa shape index (κ1) is 17.9. The van der Waals surface area contributed by atoms with Gasteiger partial charge in [0.05, 0.1) is 16.6 Å². The second-order valence-corrected chi connectivity index (χ2v) is 7.01. The summed E-state index contributed by atoms with van der Waals surface area (Å²) >= 11 is 0. The minimum atomic E-state index is -0.0669. The molecule has 144 valence electrons. The van der Waals surface area contributed by atoms with Crippen LogP contribution in [0.1, 0.15) is 0 Å². The number of hydrogen-bond acceptors (Lipinski definition) is 3. The molecule has 2 heterocycles. The van der Waals surface area contributed by atoms with Crippen molar-refractivity contribution in [3.63, 3.8) is 0 Å². The van der Waals surface area contributed by atoms with E-state index in [9.17, 15) is 4.79 Å². The van der Waals surface area contributed by atoms with Crippen LogP contribution in [0.5, 0.6) is 0 Å². The number of hydrogen-bond donors (Lipinski definition) is 1. The molecule has 0 fully saturated rings. The van der Waals surface area contributed by atoms with Gasteiger partial charge >= 0.3 is 0 Å². The summed E-state index contributed by atoms with van der Waals surface area (Å²) in [6.45, 7) is 0. The smallest absolute Gasteiger partial charge is 0.193 e. The summed E-state index contributed by atoms with van der Waals surface area (Å²) in [5.74, 6) is 0.704. The predicted molar refractivity (Wildman–Crippen MR) is 123 cm³/mol. The number of fused-ring (bicyclic) bond motifs is 1. The Morgan fingerprint density at radius 3 is 2.07 bits per heavy atom. The Bertz CT molecular complexity index is 1360. The number of benzene rings is 3. The number of anilines is 2. The number of pyridine rings is 2. The molecule has 5 aromatic rings. The van der Waals surface area contributed by atoms with E-state index in [4.69, 9.17) is 0 Å². The van der Waals surface area contributed by atoms with E-state index < -0.39 is 0 Å². The minimum absolute atomic E-state index is 0.0669. The first-order valence-electron chi connectivity index (χ1n) is 9.78. The van der Waals surface area contributed by atoms with Crippen LogP contribution in [0.15, 0.2) is 114 Å². The fraction of sp³-hybridized carbons (Fsp3) is 0. The molecule has 0 atom stereocenters. The van der Waals surface area contributed by atoms with E-state index in [1.54, 1.807) is 12.3 Å². The normalized spacial score (nSPS) is 10.8. The van der Waals surface area contributed by atoms with Gasteiger partial charge in [-0.3, -0.25) is 14.3 Å². The van der Waals surface area contributed by atoms with Crippen LogP contribution in [-0.4, -0.2) is 9.55 Å². The molecule has 0 saturated heterocycles. The molecule has 0 radical (unpaired) electrons. The van der Waals surface area contributed by atoms with Gasteiger partial charge in [0, 0.05) is 29.2 Å². The lowest BCUT2D eigenvalue weighted by atomic mass is 10.1. The van der Waals surface area contributed by atoms with Crippen molar-refractivity contribution in [2.24, 2.45) is 0 Å². The Hall–Kier alpha value is -4.18. The van der Waals surface area contributed by atoms with Gasteiger partial charge in [0.2, 0.25) is 0 Å². The van der Waals surface area contributed by atoms with Crippen LogP contribution >= 0.6 is 0 Å². The van der Waals surface area contributed by atoms with Crippen LogP contribution in [0, 0.1) is 0 Å². The lowest BCUT2D eigenvalue weighted by molar-refractivity contribution is 1.10. The maximum Gasteiger partial charge on any atom is 0.193 e. The van der Waals surface area contributed by atoms with E-state index in [-0.39, 0.29) is 5.43 Å². The largest absolute Gasteiger partial charge is 0.341 e. The topological polar surface area (TPSA) is 46.9 Å². The Morgan fingerprint density at radius 1 is 0.733 bits per heavy atom. The zero-order valence-corrected chi connectivity index (χ0v) is 16.2. The van der Waals surface area contributed by atoms with E-state index >= 15 is 0 Å². The summed E-state index contributed by atoms with van der Waals surface area (Å²) in [4.78, 5) is 17.5. The van der Waals surface area contributed by atoms with Crippen molar-refractivity contribution in [3.8, 4) is 16.9 Å². The summed E-state index contributed by atoms with van der Waals surface area (Å²) in [6.07, 6.45) is 1.67. The van der Waals surface area contributed by atoms with Crippen LogP contribution in [0.3, 0.4) is 0 Å². The van der Waals surface area contributed by atoms with Gasteiger partial charge in [-0.2, -0.15) is 0 Å².